The first-order valence-electron chi connectivity index (χ1n) is 7.67. The molecule has 0 fully saturated rings. The van der Waals surface area contributed by atoms with Gasteiger partial charge in [-0.05, 0) is 29.2 Å². The first kappa shape index (κ1) is 15.6. The molecule has 118 valence electrons. The van der Waals surface area contributed by atoms with Gasteiger partial charge in [-0.15, -0.1) is 0 Å². The molecular weight excluding hydrogens is 310 g/mol. The molecular formula is C19H18ClNO2. The number of aryl methyl sites for hydroxylation is 1. The zero-order valence-corrected chi connectivity index (χ0v) is 13.6. The SMILES string of the molecule is CCc1cccc2c([C@@H](CC(=O)O)c3ccccc3Cl)c[nH]c12. The molecule has 3 rings (SSSR count). The second-order valence-corrected chi connectivity index (χ2v) is 6.02. The van der Waals surface area contributed by atoms with Crippen LogP contribution in [0.5, 0.6) is 0 Å². The maximum Gasteiger partial charge on any atom is 0.304 e. The number of hydrogen-bond acceptors (Lipinski definition) is 1. The highest BCUT2D eigenvalue weighted by Gasteiger charge is 2.23. The van der Waals surface area contributed by atoms with Gasteiger partial charge in [0.25, 0.3) is 0 Å². The number of halogens is 1. The van der Waals surface area contributed by atoms with Crippen molar-refractivity contribution in [3.05, 3.63) is 70.4 Å². The first-order chi connectivity index (χ1) is 11.1. The van der Waals surface area contributed by atoms with E-state index < -0.39 is 5.97 Å². The Kier molecular flexibility index (Phi) is 4.39. The number of H-pyrrole nitrogens is 1. The molecule has 2 N–H and O–H groups in total. The minimum Gasteiger partial charge on any atom is -0.481 e. The van der Waals surface area contributed by atoms with Crippen LogP contribution in [0.15, 0.2) is 48.7 Å². The van der Waals surface area contributed by atoms with E-state index >= 15 is 0 Å². The second-order valence-electron chi connectivity index (χ2n) is 5.61. The van der Waals surface area contributed by atoms with Crippen molar-refractivity contribution in [1.82, 2.24) is 4.98 Å². The lowest BCUT2D eigenvalue weighted by Gasteiger charge is -2.16. The van der Waals surface area contributed by atoms with Gasteiger partial charge in [-0.1, -0.05) is 54.9 Å². The zero-order chi connectivity index (χ0) is 16.4. The number of fused-ring (bicyclic) bond motifs is 1. The van der Waals surface area contributed by atoms with E-state index in [2.05, 4.69) is 18.0 Å². The monoisotopic (exact) mass is 327 g/mol. The van der Waals surface area contributed by atoms with Gasteiger partial charge >= 0.3 is 5.97 Å². The molecule has 0 amide bonds. The average Bonchev–Trinajstić information content (AvgIpc) is 2.97. The Morgan fingerprint density at radius 2 is 1.96 bits per heavy atom. The number of nitrogens with one attached hydrogen (secondary N) is 1. The molecule has 3 aromatic rings. The van der Waals surface area contributed by atoms with E-state index in [1.54, 1.807) is 6.07 Å². The van der Waals surface area contributed by atoms with Crippen molar-refractivity contribution in [3.63, 3.8) is 0 Å². The number of aromatic nitrogens is 1. The van der Waals surface area contributed by atoms with Crippen molar-refractivity contribution in [3.8, 4) is 0 Å². The lowest BCUT2D eigenvalue weighted by Crippen LogP contribution is -2.08. The molecule has 0 aliphatic carbocycles. The molecule has 0 radical (unpaired) electrons. The third kappa shape index (κ3) is 2.97. The van der Waals surface area contributed by atoms with Crippen molar-refractivity contribution < 1.29 is 9.90 Å². The van der Waals surface area contributed by atoms with Crippen LogP contribution in [0.25, 0.3) is 10.9 Å². The van der Waals surface area contributed by atoms with Crippen molar-refractivity contribution in [1.29, 1.82) is 0 Å². The lowest BCUT2D eigenvalue weighted by molar-refractivity contribution is -0.137. The van der Waals surface area contributed by atoms with Gasteiger partial charge < -0.3 is 10.1 Å². The molecule has 0 spiro atoms. The van der Waals surface area contributed by atoms with Crippen molar-refractivity contribution in [2.75, 3.05) is 0 Å². The Balaban J connectivity index is 2.18. The molecule has 0 unspecified atom stereocenters. The summed E-state index contributed by atoms with van der Waals surface area (Å²) in [5, 5.41) is 11.0. The fraction of sp³-hybridized carbons (Fsp3) is 0.211. The predicted octanol–water partition coefficient (Wildman–Crippen LogP) is 4.99. The molecule has 0 aliphatic rings. The van der Waals surface area contributed by atoms with Gasteiger partial charge in [0.05, 0.1) is 6.42 Å². The third-order valence-electron chi connectivity index (χ3n) is 4.25. The summed E-state index contributed by atoms with van der Waals surface area (Å²) in [6.45, 7) is 2.11. The Morgan fingerprint density at radius 1 is 1.17 bits per heavy atom. The number of carbonyl (C=O) groups is 1. The van der Waals surface area contributed by atoms with Gasteiger partial charge in [-0.3, -0.25) is 4.79 Å². The Bertz CT molecular complexity index is 853. The Morgan fingerprint density at radius 3 is 2.65 bits per heavy atom. The largest absolute Gasteiger partial charge is 0.481 e. The van der Waals surface area contributed by atoms with Crippen LogP contribution >= 0.6 is 11.6 Å². The fourth-order valence-electron chi connectivity index (χ4n) is 3.14. The quantitative estimate of drug-likeness (QED) is 0.693. The van der Waals surface area contributed by atoms with Crippen LogP contribution in [-0.2, 0) is 11.2 Å². The van der Waals surface area contributed by atoms with Crippen LogP contribution in [0.3, 0.4) is 0 Å². The number of carboxylic acids is 1. The highest BCUT2D eigenvalue weighted by atomic mass is 35.5. The number of aliphatic carboxylic acids is 1. The van der Waals surface area contributed by atoms with E-state index in [1.165, 1.54) is 5.56 Å². The average molecular weight is 328 g/mol. The van der Waals surface area contributed by atoms with Crippen LogP contribution in [0, 0.1) is 0 Å². The van der Waals surface area contributed by atoms with Crippen molar-refractivity contribution in [2.45, 2.75) is 25.7 Å². The molecule has 0 bridgehead atoms. The maximum atomic E-state index is 11.4. The molecule has 1 heterocycles. The van der Waals surface area contributed by atoms with E-state index in [1.807, 2.05) is 36.5 Å². The lowest BCUT2D eigenvalue weighted by atomic mass is 9.88. The van der Waals surface area contributed by atoms with Gasteiger partial charge in [0.1, 0.15) is 0 Å². The van der Waals surface area contributed by atoms with Crippen molar-refractivity contribution >= 4 is 28.5 Å². The van der Waals surface area contributed by atoms with E-state index in [0.29, 0.717) is 5.02 Å². The summed E-state index contributed by atoms with van der Waals surface area (Å²) in [6.07, 6.45) is 2.85. The van der Waals surface area contributed by atoms with Gasteiger partial charge in [-0.2, -0.15) is 0 Å². The summed E-state index contributed by atoms with van der Waals surface area (Å²) in [4.78, 5) is 14.7. The van der Waals surface area contributed by atoms with Crippen molar-refractivity contribution in [2.24, 2.45) is 0 Å². The molecule has 23 heavy (non-hydrogen) atoms. The fourth-order valence-corrected chi connectivity index (χ4v) is 3.41. The minimum absolute atomic E-state index is 0.00698. The molecule has 0 saturated carbocycles. The van der Waals surface area contributed by atoms with Gasteiger partial charge in [0, 0.05) is 28.0 Å². The molecule has 2 aromatic carbocycles. The standard InChI is InChI=1S/C19H18ClNO2/c1-2-12-6-5-8-14-16(11-21-19(12)14)15(10-18(22)23)13-7-3-4-9-17(13)20/h3-9,11,15,21H,2,10H2,1H3,(H,22,23)/t15-/m0/s1. The smallest absolute Gasteiger partial charge is 0.304 e. The number of aromatic amines is 1. The summed E-state index contributed by atoms with van der Waals surface area (Å²) < 4.78 is 0. The molecule has 1 aromatic heterocycles. The predicted molar refractivity (Wildman–Crippen MR) is 93.2 cm³/mol. The third-order valence-corrected chi connectivity index (χ3v) is 4.59. The number of benzene rings is 2. The number of hydrogen-bond donors (Lipinski definition) is 2. The topological polar surface area (TPSA) is 53.1 Å². The summed E-state index contributed by atoms with van der Waals surface area (Å²) in [7, 11) is 0. The van der Waals surface area contributed by atoms with Gasteiger partial charge in [0.2, 0.25) is 0 Å². The van der Waals surface area contributed by atoms with Crippen LogP contribution < -0.4 is 0 Å². The Hall–Kier alpha value is -2.26. The van der Waals surface area contributed by atoms with Crippen LogP contribution in [0.4, 0.5) is 0 Å². The molecule has 1 atom stereocenters. The highest BCUT2D eigenvalue weighted by molar-refractivity contribution is 6.31. The maximum absolute atomic E-state index is 11.4. The normalized spacial score (nSPS) is 12.4. The van der Waals surface area contributed by atoms with Gasteiger partial charge in [0.15, 0.2) is 0 Å². The highest BCUT2D eigenvalue weighted by Crippen LogP contribution is 2.37. The molecule has 0 aliphatic heterocycles. The molecule has 0 saturated heterocycles. The number of rotatable bonds is 5. The molecule has 3 nitrogen and oxygen atoms in total. The van der Waals surface area contributed by atoms with E-state index in [0.717, 1.165) is 28.5 Å². The summed E-state index contributed by atoms with van der Waals surface area (Å²) in [5.74, 6) is -1.11. The van der Waals surface area contributed by atoms with Crippen LogP contribution in [0.1, 0.15) is 36.0 Å². The summed E-state index contributed by atoms with van der Waals surface area (Å²) >= 11 is 6.33. The summed E-state index contributed by atoms with van der Waals surface area (Å²) in [6, 6.07) is 13.6. The first-order valence-corrected chi connectivity index (χ1v) is 8.04. The minimum atomic E-state index is -0.837. The van der Waals surface area contributed by atoms with Gasteiger partial charge in [-0.25, -0.2) is 0 Å². The second kappa shape index (κ2) is 6.47. The van der Waals surface area contributed by atoms with E-state index in [4.69, 9.17) is 11.6 Å². The van der Waals surface area contributed by atoms with Crippen LogP contribution in [0.2, 0.25) is 5.02 Å². The number of para-hydroxylation sites is 1. The summed E-state index contributed by atoms with van der Waals surface area (Å²) in [5.41, 5.74) is 4.12. The number of carboxylic acid groups (broad SMARTS) is 1. The van der Waals surface area contributed by atoms with Crippen LogP contribution in [-0.4, -0.2) is 16.1 Å². The Labute approximate surface area is 139 Å². The zero-order valence-electron chi connectivity index (χ0n) is 12.8. The van der Waals surface area contributed by atoms with E-state index in [9.17, 15) is 9.90 Å². The molecule has 4 heteroatoms. The van der Waals surface area contributed by atoms with E-state index in [-0.39, 0.29) is 12.3 Å².